The number of hydrogen-bond acceptors (Lipinski definition) is 8. The minimum Gasteiger partial charge on any atom is -0.481 e. The third-order valence-electron chi connectivity index (χ3n) is 7.18. The van der Waals surface area contributed by atoms with Gasteiger partial charge in [0.05, 0.1) is 41.0 Å². The number of piperidine rings is 1. The molecule has 2 aromatic heterocycles. The predicted octanol–water partition coefficient (Wildman–Crippen LogP) is 5.42. The van der Waals surface area contributed by atoms with Crippen molar-refractivity contribution in [1.29, 1.82) is 0 Å². The Balaban J connectivity index is 1.35. The van der Waals surface area contributed by atoms with Crippen LogP contribution in [-0.2, 0) is 17.5 Å². The molecular formula is C27H26F4N6O3S. The fourth-order valence-electron chi connectivity index (χ4n) is 4.90. The molecule has 2 aliphatic heterocycles. The van der Waals surface area contributed by atoms with Gasteiger partial charge in [0.1, 0.15) is 17.3 Å². The Bertz CT molecular complexity index is 1470. The number of benzene rings is 1. The SMILES string of the molecule is C=C1CCCN1Cc1sc(NC(=O)c2cnc(N3CCC(C(=O)O)CC3)cn2)nc1-c1ccc(C(F)(F)F)c(F)c1. The summed E-state index contributed by atoms with van der Waals surface area (Å²) >= 11 is 1.14. The molecule has 3 aromatic rings. The molecule has 0 bridgehead atoms. The van der Waals surface area contributed by atoms with Crippen molar-refractivity contribution in [2.75, 3.05) is 29.9 Å². The van der Waals surface area contributed by atoms with E-state index in [1.165, 1.54) is 18.5 Å². The average molecular weight is 591 g/mol. The summed E-state index contributed by atoms with van der Waals surface area (Å²) in [7, 11) is 0. The van der Waals surface area contributed by atoms with Crippen molar-refractivity contribution in [3.05, 3.63) is 64.8 Å². The zero-order valence-electron chi connectivity index (χ0n) is 21.7. The maximum atomic E-state index is 14.4. The number of carboxylic acid groups (broad SMARTS) is 1. The van der Waals surface area contributed by atoms with Crippen LogP contribution in [0.2, 0.25) is 0 Å². The van der Waals surface area contributed by atoms with Crippen molar-refractivity contribution in [3.8, 4) is 11.3 Å². The summed E-state index contributed by atoms with van der Waals surface area (Å²) in [4.78, 5) is 41.6. The number of carbonyl (C=O) groups is 2. The van der Waals surface area contributed by atoms with E-state index >= 15 is 0 Å². The number of anilines is 2. The van der Waals surface area contributed by atoms with Gasteiger partial charge in [0.25, 0.3) is 5.91 Å². The van der Waals surface area contributed by atoms with Gasteiger partial charge in [-0.3, -0.25) is 14.9 Å². The minimum absolute atomic E-state index is 0.0148. The number of carbonyl (C=O) groups excluding carboxylic acids is 1. The molecule has 5 rings (SSSR count). The number of allylic oxidation sites excluding steroid dienone is 1. The number of halogens is 4. The molecule has 9 nitrogen and oxygen atoms in total. The van der Waals surface area contributed by atoms with E-state index in [9.17, 15) is 32.3 Å². The molecule has 2 saturated heterocycles. The van der Waals surface area contributed by atoms with Gasteiger partial charge in [0.2, 0.25) is 0 Å². The highest BCUT2D eigenvalue weighted by Crippen LogP contribution is 2.37. The van der Waals surface area contributed by atoms with Gasteiger partial charge in [-0.2, -0.15) is 13.2 Å². The standard InChI is InChI=1S/C27H26F4N6O3S/c1-15-3-2-8-37(15)14-21-23(17-4-5-18(19(28)11-17)27(29,30)31)34-26(41-21)35-24(38)20-12-33-22(13-32-20)36-9-6-16(7-10-36)25(39)40/h4-5,11-13,16H,1-3,6-10,14H2,(H,39,40)(H,34,35,38). The quantitative estimate of drug-likeness (QED) is 0.351. The Kier molecular flexibility index (Phi) is 7.93. The first-order valence-corrected chi connectivity index (χ1v) is 13.7. The number of aromatic nitrogens is 3. The first-order valence-electron chi connectivity index (χ1n) is 12.9. The summed E-state index contributed by atoms with van der Waals surface area (Å²) in [6.07, 6.45) is 0.632. The van der Waals surface area contributed by atoms with Crippen LogP contribution in [0.1, 0.15) is 46.6 Å². The monoisotopic (exact) mass is 590 g/mol. The van der Waals surface area contributed by atoms with Crippen molar-refractivity contribution in [2.45, 2.75) is 38.4 Å². The number of likely N-dealkylation sites (tertiary alicyclic amines) is 1. The number of rotatable bonds is 7. The fraction of sp³-hybridized carbons (Fsp3) is 0.370. The molecule has 14 heteroatoms. The van der Waals surface area contributed by atoms with Gasteiger partial charge >= 0.3 is 12.1 Å². The lowest BCUT2D eigenvalue weighted by molar-refractivity contribution is -0.142. The van der Waals surface area contributed by atoms with Gasteiger partial charge in [0.15, 0.2) is 5.13 Å². The molecule has 2 fully saturated rings. The molecule has 0 unspecified atom stereocenters. The van der Waals surface area contributed by atoms with Crippen LogP contribution >= 0.6 is 11.3 Å². The highest BCUT2D eigenvalue weighted by atomic mass is 32.1. The highest BCUT2D eigenvalue weighted by molar-refractivity contribution is 7.16. The lowest BCUT2D eigenvalue weighted by atomic mass is 9.97. The van der Waals surface area contributed by atoms with Crippen LogP contribution in [0, 0.1) is 11.7 Å². The maximum absolute atomic E-state index is 14.4. The molecular weight excluding hydrogens is 564 g/mol. The summed E-state index contributed by atoms with van der Waals surface area (Å²) in [6.45, 7) is 6.17. The van der Waals surface area contributed by atoms with Crippen LogP contribution in [0.4, 0.5) is 28.5 Å². The van der Waals surface area contributed by atoms with E-state index in [1.807, 2.05) is 9.80 Å². The summed E-state index contributed by atoms with van der Waals surface area (Å²) in [5.41, 5.74) is -0.0171. The molecule has 0 saturated carbocycles. The van der Waals surface area contributed by atoms with E-state index in [2.05, 4.69) is 26.8 Å². The van der Waals surface area contributed by atoms with Crippen molar-refractivity contribution >= 4 is 34.2 Å². The van der Waals surface area contributed by atoms with Crippen LogP contribution in [-0.4, -0.2) is 56.5 Å². The lowest BCUT2D eigenvalue weighted by Crippen LogP contribution is -2.36. The van der Waals surface area contributed by atoms with E-state index in [4.69, 9.17) is 0 Å². The number of thiazole rings is 1. The van der Waals surface area contributed by atoms with Gasteiger partial charge < -0.3 is 14.9 Å². The fourth-order valence-corrected chi connectivity index (χ4v) is 5.90. The van der Waals surface area contributed by atoms with E-state index in [0.29, 0.717) is 49.2 Å². The van der Waals surface area contributed by atoms with Crippen LogP contribution in [0.3, 0.4) is 0 Å². The molecule has 0 atom stereocenters. The van der Waals surface area contributed by atoms with E-state index < -0.39 is 29.4 Å². The molecule has 0 radical (unpaired) electrons. The predicted molar refractivity (Wildman–Crippen MR) is 144 cm³/mol. The Morgan fingerprint density at radius 2 is 1.90 bits per heavy atom. The summed E-state index contributed by atoms with van der Waals surface area (Å²) in [6, 6.07) is 2.65. The molecule has 41 heavy (non-hydrogen) atoms. The van der Waals surface area contributed by atoms with Gasteiger partial charge in [-0.1, -0.05) is 24.0 Å². The second-order valence-corrected chi connectivity index (χ2v) is 11.0. The summed E-state index contributed by atoms with van der Waals surface area (Å²) in [5.74, 6) is -2.68. The van der Waals surface area contributed by atoms with E-state index in [0.717, 1.165) is 42.5 Å². The second-order valence-electron chi connectivity index (χ2n) is 9.89. The topological polar surface area (TPSA) is 112 Å². The Morgan fingerprint density at radius 1 is 1.15 bits per heavy atom. The van der Waals surface area contributed by atoms with E-state index in [1.54, 1.807) is 0 Å². The largest absolute Gasteiger partial charge is 0.481 e. The molecule has 2 N–H and O–H groups in total. The molecule has 1 amide bonds. The third kappa shape index (κ3) is 6.32. The first kappa shape index (κ1) is 28.5. The van der Waals surface area contributed by atoms with E-state index in [-0.39, 0.29) is 28.0 Å². The van der Waals surface area contributed by atoms with Gasteiger partial charge in [-0.15, -0.1) is 0 Å². The van der Waals surface area contributed by atoms with Crippen LogP contribution in [0.25, 0.3) is 11.3 Å². The first-order chi connectivity index (χ1) is 19.5. The summed E-state index contributed by atoms with van der Waals surface area (Å²) < 4.78 is 53.7. The smallest absolute Gasteiger partial charge is 0.419 e. The van der Waals surface area contributed by atoms with Gasteiger partial charge in [0, 0.05) is 30.9 Å². The number of hydrogen-bond donors (Lipinski definition) is 2. The molecule has 216 valence electrons. The number of alkyl halides is 3. The van der Waals surface area contributed by atoms with Gasteiger partial charge in [-0.05, 0) is 37.8 Å². The number of nitrogens with zero attached hydrogens (tertiary/aromatic N) is 5. The lowest BCUT2D eigenvalue weighted by Gasteiger charge is -2.30. The number of carboxylic acids is 1. The zero-order valence-corrected chi connectivity index (χ0v) is 22.6. The number of aliphatic carboxylic acids is 1. The van der Waals surface area contributed by atoms with Crippen molar-refractivity contribution in [1.82, 2.24) is 19.9 Å². The average Bonchev–Trinajstić information content (AvgIpc) is 3.53. The summed E-state index contributed by atoms with van der Waals surface area (Å²) in [5, 5.41) is 12.0. The van der Waals surface area contributed by atoms with Crippen LogP contribution in [0.15, 0.2) is 42.9 Å². The normalized spacial score (nSPS) is 16.3. The molecule has 4 heterocycles. The Morgan fingerprint density at radius 3 is 2.49 bits per heavy atom. The molecule has 2 aliphatic rings. The molecule has 0 spiro atoms. The highest BCUT2D eigenvalue weighted by Gasteiger charge is 2.34. The van der Waals surface area contributed by atoms with Gasteiger partial charge in [-0.25, -0.2) is 19.3 Å². The zero-order chi connectivity index (χ0) is 29.3. The van der Waals surface area contributed by atoms with Crippen LogP contribution in [0.5, 0.6) is 0 Å². The third-order valence-corrected chi connectivity index (χ3v) is 8.14. The van der Waals surface area contributed by atoms with Crippen LogP contribution < -0.4 is 10.2 Å². The Hall–Kier alpha value is -4.07. The Labute approximate surface area is 236 Å². The van der Waals surface area contributed by atoms with Crippen molar-refractivity contribution in [2.24, 2.45) is 5.92 Å². The molecule has 1 aromatic carbocycles. The van der Waals surface area contributed by atoms with Crippen molar-refractivity contribution in [3.63, 3.8) is 0 Å². The minimum atomic E-state index is -4.83. The number of nitrogens with one attached hydrogen (secondary N) is 1. The second kappa shape index (κ2) is 11.4. The van der Waals surface area contributed by atoms with Crippen molar-refractivity contribution < 1.29 is 32.3 Å². The maximum Gasteiger partial charge on any atom is 0.419 e. The number of amides is 1. The molecule has 0 aliphatic carbocycles.